The summed E-state index contributed by atoms with van der Waals surface area (Å²) in [7, 11) is 0. The fourth-order valence-corrected chi connectivity index (χ4v) is 2.13. The van der Waals surface area contributed by atoms with Gasteiger partial charge in [0.15, 0.2) is 0 Å². The topological polar surface area (TPSA) is 66.1 Å². The number of hydrogen-bond donors (Lipinski definition) is 1. The largest absolute Gasteiger partial charge is 0.488 e. The average molecular weight is 333 g/mol. The predicted octanol–water partition coefficient (Wildman–Crippen LogP) is 3.35. The fraction of sp³-hybridized carbons (Fsp3) is 0.200. The van der Waals surface area contributed by atoms with E-state index in [9.17, 15) is 5.11 Å². The van der Waals surface area contributed by atoms with Gasteiger partial charge in [-0.15, -0.1) is 0 Å². The highest BCUT2D eigenvalue weighted by Gasteiger charge is 2.11. The number of aromatic nitrogens is 1. The Balaban J connectivity index is 2.23. The summed E-state index contributed by atoms with van der Waals surface area (Å²) in [5.41, 5.74) is 1.77. The molecule has 1 heterocycles. The van der Waals surface area contributed by atoms with E-state index in [2.05, 4.69) is 20.9 Å². The second-order valence-electron chi connectivity index (χ2n) is 4.27. The van der Waals surface area contributed by atoms with Crippen molar-refractivity contribution in [2.75, 3.05) is 0 Å². The summed E-state index contributed by atoms with van der Waals surface area (Å²) in [5, 5.41) is 18.7. The number of ether oxygens (including phenoxy) is 1. The van der Waals surface area contributed by atoms with E-state index in [0.717, 1.165) is 4.47 Å². The van der Waals surface area contributed by atoms with Crippen LogP contribution in [0.25, 0.3) is 0 Å². The number of halogens is 1. The van der Waals surface area contributed by atoms with Crippen molar-refractivity contribution in [1.29, 1.82) is 5.26 Å². The maximum atomic E-state index is 9.73. The quantitative estimate of drug-likeness (QED) is 0.932. The minimum Gasteiger partial charge on any atom is -0.488 e. The van der Waals surface area contributed by atoms with Gasteiger partial charge < -0.3 is 9.84 Å². The van der Waals surface area contributed by atoms with Gasteiger partial charge in [-0.25, -0.2) is 4.98 Å². The summed E-state index contributed by atoms with van der Waals surface area (Å²) in [5.74, 6) is 0.585. The van der Waals surface area contributed by atoms with E-state index in [-0.39, 0.29) is 6.61 Å². The number of nitrogens with zero attached hydrogens (tertiary/aromatic N) is 2. The van der Waals surface area contributed by atoms with Gasteiger partial charge >= 0.3 is 0 Å². The molecular formula is C15H13BrN2O2. The minimum atomic E-state index is -0.623. The summed E-state index contributed by atoms with van der Waals surface area (Å²) in [6.07, 6.45) is 0.949. The van der Waals surface area contributed by atoms with Crippen molar-refractivity contribution < 1.29 is 9.84 Å². The molecule has 20 heavy (non-hydrogen) atoms. The van der Waals surface area contributed by atoms with Gasteiger partial charge in [-0.2, -0.15) is 5.26 Å². The first-order valence-corrected chi connectivity index (χ1v) is 6.85. The highest BCUT2D eigenvalue weighted by molar-refractivity contribution is 9.10. The van der Waals surface area contributed by atoms with Crippen molar-refractivity contribution in [3.8, 4) is 11.8 Å². The number of rotatable bonds is 4. The zero-order chi connectivity index (χ0) is 14.5. The monoisotopic (exact) mass is 332 g/mol. The molecule has 0 fully saturated rings. The van der Waals surface area contributed by atoms with Crippen LogP contribution in [-0.2, 0) is 6.61 Å². The van der Waals surface area contributed by atoms with E-state index in [4.69, 9.17) is 10.00 Å². The molecule has 0 spiro atoms. The molecule has 0 aliphatic carbocycles. The normalized spacial score (nSPS) is 11.7. The van der Waals surface area contributed by atoms with Gasteiger partial charge in [-0.3, -0.25) is 0 Å². The van der Waals surface area contributed by atoms with E-state index in [1.807, 2.05) is 12.1 Å². The van der Waals surface area contributed by atoms with Crippen molar-refractivity contribution >= 4 is 15.9 Å². The van der Waals surface area contributed by atoms with Crippen LogP contribution in [0.5, 0.6) is 5.75 Å². The highest BCUT2D eigenvalue weighted by atomic mass is 79.9. The molecule has 0 radical (unpaired) electrons. The Morgan fingerprint density at radius 3 is 2.95 bits per heavy atom. The molecule has 2 rings (SSSR count). The summed E-state index contributed by atoms with van der Waals surface area (Å²) in [6.45, 7) is 1.91. The van der Waals surface area contributed by atoms with Gasteiger partial charge in [-0.1, -0.05) is 28.1 Å². The van der Waals surface area contributed by atoms with Crippen LogP contribution in [-0.4, -0.2) is 10.1 Å². The van der Waals surface area contributed by atoms with Crippen LogP contribution in [0.1, 0.15) is 29.8 Å². The SMILES string of the molecule is C[C@@H](O)c1ccc(Br)cc1OCc1cccnc1C#N. The van der Waals surface area contributed by atoms with Crippen LogP contribution in [0.3, 0.4) is 0 Å². The van der Waals surface area contributed by atoms with E-state index in [1.165, 1.54) is 0 Å². The first kappa shape index (κ1) is 14.5. The first-order valence-electron chi connectivity index (χ1n) is 6.06. The molecule has 2 aromatic rings. The standard InChI is InChI=1S/C15H13BrN2O2/c1-10(19)13-5-4-12(16)7-15(13)20-9-11-3-2-6-18-14(11)8-17/h2-7,10,19H,9H2,1H3/t10-/m1/s1. The molecule has 0 aliphatic heterocycles. The summed E-state index contributed by atoms with van der Waals surface area (Å²) in [4.78, 5) is 3.98. The predicted molar refractivity (Wildman–Crippen MR) is 78.1 cm³/mol. The van der Waals surface area contributed by atoms with Gasteiger partial charge in [0, 0.05) is 21.8 Å². The number of pyridine rings is 1. The lowest BCUT2D eigenvalue weighted by Crippen LogP contribution is -2.03. The van der Waals surface area contributed by atoms with Gasteiger partial charge in [0.05, 0.1) is 6.10 Å². The molecule has 0 saturated carbocycles. The molecule has 1 aromatic heterocycles. The Morgan fingerprint density at radius 2 is 2.25 bits per heavy atom. The third kappa shape index (κ3) is 3.35. The van der Waals surface area contributed by atoms with Gasteiger partial charge in [0.2, 0.25) is 0 Å². The number of aliphatic hydroxyl groups is 1. The van der Waals surface area contributed by atoms with E-state index >= 15 is 0 Å². The molecule has 4 nitrogen and oxygen atoms in total. The third-order valence-electron chi connectivity index (χ3n) is 2.81. The Labute approximate surface area is 125 Å². The molecule has 0 bridgehead atoms. The molecule has 5 heteroatoms. The number of benzene rings is 1. The second-order valence-corrected chi connectivity index (χ2v) is 5.19. The summed E-state index contributed by atoms with van der Waals surface area (Å²) in [6, 6.07) is 11.0. The average Bonchev–Trinajstić information content (AvgIpc) is 2.45. The van der Waals surface area contributed by atoms with Crippen molar-refractivity contribution in [2.24, 2.45) is 0 Å². The molecule has 1 N–H and O–H groups in total. The van der Waals surface area contributed by atoms with E-state index < -0.39 is 6.10 Å². The number of aliphatic hydroxyl groups excluding tert-OH is 1. The van der Waals surface area contributed by atoms with Crippen LogP contribution in [0.4, 0.5) is 0 Å². The maximum absolute atomic E-state index is 9.73. The molecule has 0 saturated heterocycles. The molecule has 1 aromatic carbocycles. The molecule has 0 aliphatic rings. The van der Waals surface area contributed by atoms with Crippen molar-refractivity contribution in [3.63, 3.8) is 0 Å². The highest BCUT2D eigenvalue weighted by Crippen LogP contribution is 2.29. The molecule has 1 atom stereocenters. The second kappa shape index (κ2) is 6.51. The van der Waals surface area contributed by atoms with Crippen molar-refractivity contribution in [3.05, 3.63) is 57.8 Å². The maximum Gasteiger partial charge on any atom is 0.147 e. The molecule has 102 valence electrons. The van der Waals surface area contributed by atoms with Gasteiger partial charge in [-0.05, 0) is 25.1 Å². The lowest BCUT2D eigenvalue weighted by Gasteiger charge is -2.14. The number of hydrogen-bond acceptors (Lipinski definition) is 4. The van der Waals surface area contributed by atoms with E-state index in [0.29, 0.717) is 22.6 Å². The van der Waals surface area contributed by atoms with Crippen LogP contribution < -0.4 is 4.74 Å². The zero-order valence-corrected chi connectivity index (χ0v) is 12.5. The minimum absolute atomic E-state index is 0.229. The number of nitriles is 1. The Bertz CT molecular complexity index is 651. The molecule has 0 unspecified atom stereocenters. The lowest BCUT2D eigenvalue weighted by atomic mass is 10.1. The molecule has 0 amide bonds. The summed E-state index contributed by atoms with van der Waals surface area (Å²) < 4.78 is 6.59. The van der Waals surface area contributed by atoms with Crippen LogP contribution in [0.15, 0.2) is 41.0 Å². The van der Waals surface area contributed by atoms with E-state index in [1.54, 1.807) is 37.4 Å². The van der Waals surface area contributed by atoms with Crippen LogP contribution in [0.2, 0.25) is 0 Å². The third-order valence-corrected chi connectivity index (χ3v) is 3.30. The Morgan fingerprint density at radius 1 is 1.45 bits per heavy atom. The summed E-state index contributed by atoms with van der Waals surface area (Å²) >= 11 is 3.37. The van der Waals surface area contributed by atoms with Crippen LogP contribution >= 0.6 is 15.9 Å². The van der Waals surface area contributed by atoms with Gasteiger partial charge in [0.1, 0.15) is 24.1 Å². The lowest BCUT2D eigenvalue weighted by molar-refractivity contribution is 0.190. The Kier molecular flexibility index (Phi) is 4.72. The molecular weight excluding hydrogens is 320 g/mol. The smallest absolute Gasteiger partial charge is 0.147 e. The fourth-order valence-electron chi connectivity index (χ4n) is 1.79. The Hall–Kier alpha value is -1.90. The first-order chi connectivity index (χ1) is 9.61. The van der Waals surface area contributed by atoms with Crippen LogP contribution in [0, 0.1) is 11.3 Å². The van der Waals surface area contributed by atoms with Crippen molar-refractivity contribution in [2.45, 2.75) is 19.6 Å². The van der Waals surface area contributed by atoms with Crippen molar-refractivity contribution in [1.82, 2.24) is 4.98 Å². The zero-order valence-electron chi connectivity index (χ0n) is 10.9. The van der Waals surface area contributed by atoms with Gasteiger partial charge in [0.25, 0.3) is 0 Å².